The van der Waals surface area contributed by atoms with Gasteiger partial charge in [0.1, 0.15) is 0 Å². The highest BCUT2D eigenvalue weighted by Gasteiger charge is 2.52. The van der Waals surface area contributed by atoms with Gasteiger partial charge >= 0.3 is 12.3 Å². The Hall–Kier alpha value is -1.72. The fourth-order valence-corrected chi connectivity index (χ4v) is 2.64. The van der Waals surface area contributed by atoms with Gasteiger partial charge in [-0.3, -0.25) is 0 Å². The highest BCUT2D eigenvalue weighted by molar-refractivity contribution is 5.62. The zero-order valence-corrected chi connectivity index (χ0v) is 8.73. The first-order valence-electron chi connectivity index (χ1n) is 4.98. The van der Waals surface area contributed by atoms with Crippen molar-refractivity contribution < 1.29 is 29.3 Å². The van der Waals surface area contributed by atoms with Gasteiger partial charge in [0.15, 0.2) is 11.5 Å². The van der Waals surface area contributed by atoms with Gasteiger partial charge in [-0.1, -0.05) is 6.92 Å². The third-order valence-corrected chi connectivity index (χ3v) is 3.27. The maximum absolute atomic E-state index is 10.5. The first kappa shape index (κ1) is 10.8. The van der Waals surface area contributed by atoms with Crippen LogP contribution >= 0.6 is 0 Å². The summed E-state index contributed by atoms with van der Waals surface area (Å²) in [6.07, 6.45) is -0.566. The van der Waals surface area contributed by atoms with Crippen LogP contribution in [0.2, 0.25) is 0 Å². The Morgan fingerprint density at radius 1 is 1.31 bits per heavy atom. The maximum atomic E-state index is 10.5. The number of hydrogen-bond acceptors (Lipinski definition) is 4. The zero-order chi connectivity index (χ0) is 11.9. The van der Waals surface area contributed by atoms with Gasteiger partial charge in [0.25, 0.3) is 0 Å². The van der Waals surface area contributed by atoms with E-state index in [1.54, 1.807) is 0 Å². The lowest BCUT2D eigenvalue weighted by molar-refractivity contribution is 0.0789. The van der Waals surface area contributed by atoms with Crippen molar-refractivity contribution in [1.82, 2.24) is 0 Å². The largest absolute Gasteiger partial charge is 0.511 e. The first-order valence-corrected chi connectivity index (χ1v) is 4.98. The summed E-state index contributed by atoms with van der Waals surface area (Å²) >= 11 is 0. The van der Waals surface area contributed by atoms with Crippen LogP contribution in [0.5, 0.6) is 0 Å². The third-order valence-electron chi connectivity index (χ3n) is 3.27. The smallest absolute Gasteiger partial charge is 0.449 e. The average molecular weight is 228 g/mol. The Morgan fingerprint density at radius 2 is 1.94 bits per heavy atom. The minimum Gasteiger partial charge on any atom is -0.449 e. The van der Waals surface area contributed by atoms with E-state index >= 15 is 0 Å². The van der Waals surface area contributed by atoms with Gasteiger partial charge in [-0.25, -0.2) is 9.59 Å². The van der Waals surface area contributed by atoms with Gasteiger partial charge in [-0.2, -0.15) is 0 Å². The lowest BCUT2D eigenvalue weighted by atomic mass is 9.88. The summed E-state index contributed by atoms with van der Waals surface area (Å²) in [5, 5.41) is 17.2. The van der Waals surface area contributed by atoms with Crippen LogP contribution in [0.15, 0.2) is 11.5 Å². The molecule has 0 heterocycles. The van der Waals surface area contributed by atoms with Crippen molar-refractivity contribution in [3.63, 3.8) is 0 Å². The molecule has 1 fully saturated rings. The van der Waals surface area contributed by atoms with Crippen molar-refractivity contribution in [3.8, 4) is 0 Å². The second-order valence-corrected chi connectivity index (χ2v) is 4.43. The highest BCUT2D eigenvalue weighted by atomic mass is 16.7. The van der Waals surface area contributed by atoms with Crippen LogP contribution in [-0.2, 0) is 9.47 Å². The van der Waals surface area contributed by atoms with E-state index in [4.69, 9.17) is 10.2 Å². The van der Waals surface area contributed by atoms with E-state index in [0.717, 1.165) is 12.8 Å². The summed E-state index contributed by atoms with van der Waals surface area (Å²) in [4.78, 5) is 21.1. The van der Waals surface area contributed by atoms with Gasteiger partial charge < -0.3 is 19.7 Å². The minimum absolute atomic E-state index is 0.0320. The summed E-state index contributed by atoms with van der Waals surface area (Å²) < 4.78 is 9.30. The summed E-state index contributed by atoms with van der Waals surface area (Å²) in [7, 11) is 0. The van der Waals surface area contributed by atoms with E-state index in [-0.39, 0.29) is 17.4 Å². The number of hydrogen-bond donors (Lipinski definition) is 2. The molecule has 2 bridgehead atoms. The van der Waals surface area contributed by atoms with Crippen LogP contribution in [0.25, 0.3) is 0 Å². The van der Waals surface area contributed by atoms with Crippen LogP contribution in [0, 0.1) is 11.3 Å². The average Bonchev–Trinajstić information content (AvgIpc) is 2.62. The van der Waals surface area contributed by atoms with Crippen molar-refractivity contribution in [1.29, 1.82) is 0 Å². The first-order chi connectivity index (χ1) is 7.42. The molecule has 2 N–H and O–H groups in total. The van der Waals surface area contributed by atoms with E-state index in [1.165, 1.54) is 0 Å². The van der Waals surface area contributed by atoms with Gasteiger partial charge in [0.2, 0.25) is 0 Å². The summed E-state index contributed by atoms with van der Waals surface area (Å²) in [6.45, 7) is 1.86. The van der Waals surface area contributed by atoms with Crippen molar-refractivity contribution in [2.45, 2.75) is 26.2 Å². The lowest BCUT2D eigenvalue weighted by Gasteiger charge is -2.24. The van der Waals surface area contributed by atoms with Gasteiger partial charge in [-0.15, -0.1) is 0 Å². The van der Waals surface area contributed by atoms with Gasteiger partial charge in [0, 0.05) is 11.3 Å². The van der Waals surface area contributed by atoms with Crippen LogP contribution in [-0.4, -0.2) is 22.5 Å². The summed E-state index contributed by atoms with van der Waals surface area (Å²) in [6, 6.07) is 0. The zero-order valence-electron chi connectivity index (χ0n) is 8.73. The van der Waals surface area contributed by atoms with Crippen LogP contribution in [0.4, 0.5) is 9.59 Å². The van der Waals surface area contributed by atoms with E-state index in [0.29, 0.717) is 6.42 Å². The Kier molecular flexibility index (Phi) is 2.29. The fourth-order valence-electron chi connectivity index (χ4n) is 2.64. The molecule has 2 aliphatic rings. The van der Waals surface area contributed by atoms with Crippen molar-refractivity contribution >= 4 is 12.3 Å². The Labute approximate surface area is 91.5 Å². The van der Waals surface area contributed by atoms with E-state index in [9.17, 15) is 9.59 Å². The molecule has 88 valence electrons. The van der Waals surface area contributed by atoms with Crippen molar-refractivity contribution in [3.05, 3.63) is 11.5 Å². The summed E-state index contributed by atoms with van der Waals surface area (Å²) in [5.74, 6) is 0.303. The van der Waals surface area contributed by atoms with Gasteiger partial charge in [-0.05, 0) is 19.3 Å². The third kappa shape index (κ3) is 1.60. The molecule has 2 unspecified atom stereocenters. The predicted molar refractivity (Wildman–Crippen MR) is 50.7 cm³/mol. The molecule has 2 aliphatic carbocycles. The monoisotopic (exact) mass is 228 g/mol. The standard InChI is InChI=1S/C10H12O6/c1-10-3-2-5(4-10)6(15-8(11)12)7(10)16-9(13)14/h5H,2-4H2,1H3,(H,11,12)(H,13,14). The molecule has 0 aromatic carbocycles. The van der Waals surface area contributed by atoms with E-state index in [1.807, 2.05) is 6.92 Å². The molecule has 0 spiro atoms. The SMILES string of the molecule is CC12CCC(C1)C(OC(=O)O)=C2OC(=O)O. The molecular formula is C10H12O6. The lowest BCUT2D eigenvalue weighted by Crippen LogP contribution is -2.20. The second kappa shape index (κ2) is 3.40. The van der Waals surface area contributed by atoms with E-state index in [2.05, 4.69) is 9.47 Å². The molecule has 0 aromatic heterocycles. The molecule has 6 heteroatoms. The quantitative estimate of drug-likeness (QED) is 0.705. The summed E-state index contributed by atoms with van der Waals surface area (Å²) in [5.41, 5.74) is -0.395. The normalized spacial score (nSPS) is 31.7. The predicted octanol–water partition coefficient (Wildman–Crippen LogP) is 2.41. The number of ether oxygens (including phenoxy) is 2. The van der Waals surface area contributed by atoms with E-state index < -0.39 is 17.7 Å². The number of carbonyl (C=O) groups is 2. The Balaban J connectivity index is 2.32. The highest BCUT2D eigenvalue weighted by Crippen LogP contribution is 2.57. The van der Waals surface area contributed by atoms with Crippen LogP contribution in [0.1, 0.15) is 26.2 Å². The second-order valence-electron chi connectivity index (χ2n) is 4.43. The molecular weight excluding hydrogens is 216 g/mol. The molecule has 0 saturated heterocycles. The molecule has 0 aliphatic heterocycles. The fraction of sp³-hybridized carbons (Fsp3) is 0.600. The minimum atomic E-state index is -1.43. The number of carboxylic acid groups (broad SMARTS) is 2. The number of allylic oxidation sites excluding steroid dienone is 2. The van der Waals surface area contributed by atoms with Crippen molar-refractivity contribution in [2.75, 3.05) is 0 Å². The van der Waals surface area contributed by atoms with Gasteiger partial charge in [0.05, 0.1) is 0 Å². The van der Waals surface area contributed by atoms with Crippen LogP contribution in [0.3, 0.4) is 0 Å². The number of rotatable bonds is 2. The topological polar surface area (TPSA) is 93.1 Å². The number of fused-ring (bicyclic) bond motifs is 2. The molecule has 0 radical (unpaired) electrons. The van der Waals surface area contributed by atoms with Crippen molar-refractivity contribution in [2.24, 2.45) is 11.3 Å². The van der Waals surface area contributed by atoms with Crippen LogP contribution < -0.4 is 0 Å². The molecule has 6 nitrogen and oxygen atoms in total. The molecule has 1 saturated carbocycles. The molecule has 0 amide bonds. The Bertz CT molecular complexity index is 385. The Morgan fingerprint density at radius 3 is 2.50 bits per heavy atom. The molecule has 2 atom stereocenters. The molecule has 2 rings (SSSR count). The molecule has 0 aromatic rings. The molecule has 16 heavy (non-hydrogen) atoms. The maximum Gasteiger partial charge on any atom is 0.511 e.